The van der Waals surface area contributed by atoms with Crippen LogP contribution in [-0.4, -0.2) is 0 Å². The molecule has 0 atom stereocenters. The summed E-state index contributed by atoms with van der Waals surface area (Å²) < 4.78 is 60.1. The minimum Gasteiger partial charge on any atom is -0.483 e. The topological polar surface area (TPSA) is 9.23 Å². The van der Waals surface area contributed by atoms with Crippen molar-refractivity contribution in [2.24, 2.45) is 0 Å². The van der Waals surface area contributed by atoms with E-state index in [2.05, 4.69) is 0 Å². The molecule has 0 radical (unpaired) electrons. The van der Waals surface area contributed by atoms with E-state index in [0.717, 1.165) is 12.5 Å². The molecule has 5 heteroatoms. The van der Waals surface area contributed by atoms with Gasteiger partial charge in [-0.3, -0.25) is 0 Å². The van der Waals surface area contributed by atoms with Crippen molar-refractivity contribution in [1.82, 2.24) is 0 Å². The van der Waals surface area contributed by atoms with Crippen LogP contribution in [0, 0.1) is 23.3 Å². The van der Waals surface area contributed by atoms with Gasteiger partial charge in [0.15, 0.2) is 17.4 Å². The van der Waals surface area contributed by atoms with E-state index < -0.39 is 29.0 Å². The predicted octanol–water partition coefficient (Wildman–Crippen LogP) is 6.44. The maximum absolute atomic E-state index is 14.1. The zero-order chi connectivity index (χ0) is 19.4. The molecule has 0 aliphatic heterocycles. The van der Waals surface area contributed by atoms with Crippen molar-refractivity contribution in [3.05, 3.63) is 89.0 Å². The number of benzene rings is 3. The van der Waals surface area contributed by atoms with Crippen molar-refractivity contribution in [2.45, 2.75) is 26.4 Å². The van der Waals surface area contributed by atoms with Gasteiger partial charge < -0.3 is 4.74 Å². The van der Waals surface area contributed by atoms with Gasteiger partial charge in [0.05, 0.1) is 0 Å². The lowest BCUT2D eigenvalue weighted by Crippen LogP contribution is -2.01. The third kappa shape index (κ3) is 4.67. The van der Waals surface area contributed by atoms with Gasteiger partial charge in [0, 0.05) is 6.07 Å². The van der Waals surface area contributed by atoms with Crippen LogP contribution in [0.2, 0.25) is 0 Å². The number of hydrogen-bond donors (Lipinski definition) is 0. The molecule has 0 saturated heterocycles. The summed E-state index contributed by atoms with van der Waals surface area (Å²) in [6, 6.07) is 12.5. The van der Waals surface area contributed by atoms with Crippen LogP contribution in [0.1, 0.15) is 24.5 Å². The lowest BCUT2D eigenvalue weighted by molar-refractivity contribution is 0.274. The molecule has 0 amide bonds. The minimum absolute atomic E-state index is 0.0290. The molecule has 0 N–H and O–H groups in total. The first-order valence-corrected chi connectivity index (χ1v) is 8.62. The molecule has 0 aliphatic carbocycles. The number of ether oxygens (including phenoxy) is 1. The summed E-state index contributed by atoms with van der Waals surface area (Å²) in [6.45, 7) is 1.90. The average Bonchev–Trinajstić information content (AvgIpc) is 2.61. The minimum atomic E-state index is -0.731. The molecule has 0 unspecified atom stereocenters. The van der Waals surface area contributed by atoms with Crippen LogP contribution in [-0.2, 0) is 13.0 Å². The Bertz CT molecular complexity index is 892. The molecule has 0 heterocycles. The fraction of sp³-hybridized carbons (Fsp3) is 0.182. The zero-order valence-electron chi connectivity index (χ0n) is 14.7. The summed E-state index contributed by atoms with van der Waals surface area (Å²) in [5.74, 6) is -3.19. The van der Waals surface area contributed by atoms with Crippen molar-refractivity contribution >= 4 is 0 Å². The average molecular weight is 374 g/mol. The SMILES string of the molecule is CCCc1cc(F)c(OCc2ccc(-c3cc(F)cc(F)c3)cc2)c(F)c1. The second kappa shape index (κ2) is 8.25. The summed E-state index contributed by atoms with van der Waals surface area (Å²) in [6.07, 6.45) is 1.39. The van der Waals surface area contributed by atoms with Gasteiger partial charge in [-0.1, -0.05) is 37.6 Å². The van der Waals surface area contributed by atoms with Gasteiger partial charge in [0.2, 0.25) is 0 Å². The van der Waals surface area contributed by atoms with Crippen molar-refractivity contribution in [3.63, 3.8) is 0 Å². The number of hydrogen-bond acceptors (Lipinski definition) is 1. The first kappa shape index (κ1) is 19.0. The molecular formula is C22H18F4O. The Morgan fingerprint density at radius 3 is 1.85 bits per heavy atom. The fourth-order valence-electron chi connectivity index (χ4n) is 2.85. The first-order chi connectivity index (χ1) is 13.0. The summed E-state index contributed by atoms with van der Waals surface area (Å²) in [5.41, 5.74) is 2.29. The third-order valence-electron chi connectivity index (χ3n) is 4.13. The summed E-state index contributed by atoms with van der Waals surface area (Å²) in [4.78, 5) is 0. The quantitative estimate of drug-likeness (QED) is 0.451. The Morgan fingerprint density at radius 1 is 0.704 bits per heavy atom. The van der Waals surface area contributed by atoms with E-state index >= 15 is 0 Å². The van der Waals surface area contributed by atoms with E-state index in [4.69, 9.17) is 4.74 Å². The molecule has 3 rings (SSSR count). The Labute approximate surface area is 155 Å². The highest BCUT2D eigenvalue weighted by atomic mass is 19.1. The third-order valence-corrected chi connectivity index (χ3v) is 4.13. The van der Waals surface area contributed by atoms with E-state index in [9.17, 15) is 17.6 Å². The van der Waals surface area contributed by atoms with Crippen LogP contribution in [0.5, 0.6) is 5.75 Å². The van der Waals surface area contributed by atoms with Gasteiger partial charge in [0.25, 0.3) is 0 Å². The predicted molar refractivity (Wildman–Crippen MR) is 96.5 cm³/mol. The van der Waals surface area contributed by atoms with Crippen LogP contribution in [0.15, 0.2) is 54.6 Å². The van der Waals surface area contributed by atoms with Crippen LogP contribution < -0.4 is 4.74 Å². The molecule has 0 bridgehead atoms. The van der Waals surface area contributed by atoms with Crippen LogP contribution in [0.4, 0.5) is 17.6 Å². The second-order valence-corrected chi connectivity index (χ2v) is 6.28. The highest BCUT2D eigenvalue weighted by Gasteiger charge is 2.13. The van der Waals surface area contributed by atoms with E-state index in [0.29, 0.717) is 28.7 Å². The van der Waals surface area contributed by atoms with E-state index in [1.165, 1.54) is 24.3 Å². The van der Waals surface area contributed by atoms with E-state index in [1.807, 2.05) is 6.92 Å². The second-order valence-electron chi connectivity index (χ2n) is 6.28. The largest absolute Gasteiger partial charge is 0.483 e. The Kier molecular flexibility index (Phi) is 5.79. The van der Waals surface area contributed by atoms with Gasteiger partial charge >= 0.3 is 0 Å². The molecule has 3 aromatic rings. The molecule has 27 heavy (non-hydrogen) atoms. The summed E-state index contributed by atoms with van der Waals surface area (Å²) in [5, 5.41) is 0. The van der Waals surface area contributed by atoms with Crippen molar-refractivity contribution < 1.29 is 22.3 Å². The molecule has 0 fully saturated rings. The maximum Gasteiger partial charge on any atom is 0.191 e. The molecule has 1 nitrogen and oxygen atoms in total. The Balaban J connectivity index is 1.72. The van der Waals surface area contributed by atoms with E-state index in [-0.39, 0.29) is 6.61 Å². The Morgan fingerprint density at radius 2 is 1.30 bits per heavy atom. The van der Waals surface area contributed by atoms with Crippen LogP contribution in [0.3, 0.4) is 0 Å². The molecular weight excluding hydrogens is 356 g/mol. The monoisotopic (exact) mass is 374 g/mol. The lowest BCUT2D eigenvalue weighted by Gasteiger charge is -2.11. The molecule has 0 saturated carbocycles. The van der Waals surface area contributed by atoms with Crippen molar-refractivity contribution in [1.29, 1.82) is 0 Å². The maximum atomic E-state index is 14.1. The summed E-state index contributed by atoms with van der Waals surface area (Å²) in [7, 11) is 0. The standard InChI is InChI=1S/C22H18F4O/c1-2-3-15-8-20(25)22(21(26)9-15)27-13-14-4-6-16(7-5-14)17-10-18(23)12-19(24)11-17/h4-12H,2-3,13H2,1H3. The van der Waals surface area contributed by atoms with Crippen LogP contribution in [0.25, 0.3) is 11.1 Å². The molecule has 0 aliphatic rings. The highest BCUT2D eigenvalue weighted by Crippen LogP contribution is 2.26. The zero-order valence-corrected chi connectivity index (χ0v) is 14.7. The fourth-order valence-corrected chi connectivity index (χ4v) is 2.85. The normalized spacial score (nSPS) is 10.9. The van der Waals surface area contributed by atoms with Gasteiger partial charge in [-0.2, -0.15) is 0 Å². The summed E-state index contributed by atoms with van der Waals surface area (Å²) >= 11 is 0. The number of rotatable bonds is 6. The van der Waals surface area contributed by atoms with Crippen molar-refractivity contribution in [3.8, 4) is 16.9 Å². The van der Waals surface area contributed by atoms with Gasteiger partial charge in [-0.05, 0) is 52.9 Å². The first-order valence-electron chi connectivity index (χ1n) is 8.62. The van der Waals surface area contributed by atoms with Crippen LogP contribution >= 0.6 is 0 Å². The molecule has 0 aromatic heterocycles. The highest BCUT2D eigenvalue weighted by molar-refractivity contribution is 5.63. The van der Waals surface area contributed by atoms with Gasteiger partial charge in [0.1, 0.15) is 18.2 Å². The smallest absolute Gasteiger partial charge is 0.191 e. The lowest BCUT2D eigenvalue weighted by atomic mass is 10.0. The van der Waals surface area contributed by atoms with Gasteiger partial charge in [-0.25, -0.2) is 17.6 Å². The van der Waals surface area contributed by atoms with Gasteiger partial charge in [-0.15, -0.1) is 0 Å². The van der Waals surface area contributed by atoms with E-state index in [1.54, 1.807) is 24.3 Å². The number of halogens is 4. The van der Waals surface area contributed by atoms with Crippen molar-refractivity contribution in [2.75, 3.05) is 0 Å². The Hall–Kier alpha value is -2.82. The molecule has 0 spiro atoms. The molecule has 140 valence electrons. The number of aryl methyl sites for hydroxylation is 1. The molecule has 3 aromatic carbocycles.